The molecule has 0 radical (unpaired) electrons. The molecule has 2 aromatic carbocycles. The van der Waals surface area contributed by atoms with E-state index in [0.717, 1.165) is 30.8 Å². The Bertz CT molecular complexity index is 990. The van der Waals surface area contributed by atoms with Crippen LogP contribution in [-0.4, -0.2) is 17.4 Å². The summed E-state index contributed by atoms with van der Waals surface area (Å²) in [5.74, 6) is -1.34. The molecule has 0 bridgehead atoms. The van der Waals surface area contributed by atoms with E-state index in [0.29, 0.717) is 11.4 Å². The third-order valence-corrected chi connectivity index (χ3v) is 4.35. The van der Waals surface area contributed by atoms with Gasteiger partial charge in [-0.25, -0.2) is 13.8 Å². The number of benzene rings is 2. The number of hydrogen-bond donors (Lipinski definition) is 1. The number of anilines is 3. The molecule has 3 aromatic rings. The molecule has 0 saturated heterocycles. The Labute approximate surface area is 149 Å². The second kappa shape index (κ2) is 6.55. The summed E-state index contributed by atoms with van der Waals surface area (Å²) < 4.78 is 26.7. The van der Waals surface area contributed by atoms with E-state index in [1.807, 2.05) is 23.1 Å². The number of hydrogen-bond acceptors (Lipinski definition) is 3. The van der Waals surface area contributed by atoms with Crippen LogP contribution in [0.1, 0.15) is 15.9 Å². The lowest BCUT2D eigenvalue weighted by Gasteiger charge is -2.18. The predicted molar refractivity (Wildman–Crippen MR) is 95.7 cm³/mol. The average molecular weight is 351 g/mol. The highest BCUT2D eigenvalue weighted by Crippen LogP contribution is 2.33. The van der Waals surface area contributed by atoms with Crippen molar-refractivity contribution in [2.75, 3.05) is 16.8 Å². The molecule has 4 rings (SSSR count). The Morgan fingerprint density at radius 2 is 1.92 bits per heavy atom. The van der Waals surface area contributed by atoms with Gasteiger partial charge in [0, 0.05) is 30.1 Å². The highest BCUT2D eigenvalue weighted by atomic mass is 19.1. The van der Waals surface area contributed by atoms with Crippen LogP contribution < -0.4 is 10.2 Å². The fourth-order valence-corrected chi connectivity index (χ4v) is 3.07. The summed E-state index contributed by atoms with van der Waals surface area (Å²) in [6.07, 6.45) is 2.46. The molecule has 1 N–H and O–H groups in total. The molecule has 1 aliphatic heterocycles. The molecular weight excluding hydrogens is 336 g/mol. The van der Waals surface area contributed by atoms with Crippen LogP contribution in [0.3, 0.4) is 0 Å². The SMILES string of the molecule is O=C(Nc1ccc(F)cc1F)c1ccnc(N2CCc3ccccc32)c1. The average Bonchev–Trinajstić information content (AvgIpc) is 3.08. The quantitative estimate of drug-likeness (QED) is 0.765. The fraction of sp³-hybridized carbons (Fsp3) is 0.100. The predicted octanol–water partition coefficient (Wildman–Crippen LogP) is 4.31. The minimum Gasteiger partial charge on any atom is -0.326 e. The maximum Gasteiger partial charge on any atom is 0.255 e. The number of amides is 1. The van der Waals surface area contributed by atoms with E-state index in [2.05, 4.69) is 16.4 Å². The summed E-state index contributed by atoms with van der Waals surface area (Å²) in [6.45, 7) is 0.782. The van der Waals surface area contributed by atoms with E-state index in [4.69, 9.17) is 0 Å². The van der Waals surface area contributed by atoms with Gasteiger partial charge in [0.25, 0.3) is 5.91 Å². The molecule has 1 aliphatic rings. The van der Waals surface area contributed by atoms with Crippen LogP contribution in [0.5, 0.6) is 0 Å². The minimum absolute atomic E-state index is 0.0683. The van der Waals surface area contributed by atoms with Crippen LogP contribution in [0, 0.1) is 11.6 Å². The zero-order chi connectivity index (χ0) is 18.1. The maximum absolute atomic E-state index is 13.7. The van der Waals surface area contributed by atoms with Crippen LogP contribution >= 0.6 is 0 Å². The number of para-hydroxylation sites is 1. The smallest absolute Gasteiger partial charge is 0.255 e. The van der Waals surface area contributed by atoms with Gasteiger partial charge in [-0.3, -0.25) is 4.79 Å². The van der Waals surface area contributed by atoms with E-state index in [1.54, 1.807) is 18.3 Å². The van der Waals surface area contributed by atoms with Gasteiger partial charge in [-0.05, 0) is 42.3 Å². The lowest BCUT2D eigenvalue weighted by molar-refractivity contribution is 0.102. The number of rotatable bonds is 3. The zero-order valence-corrected chi connectivity index (χ0v) is 13.7. The first kappa shape index (κ1) is 16.2. The summed E-state index contributed by atoms with van der Waals surface area (Å²) >= 11 is 0. The molecule has 26 heavy (non-hydrogen) atoms. The summed E-state index contributed by atoms with van der Waals surface area (Å²) in [7, 11) is 0. The number of nitrogens with one attached hydrogen (secondary N) is 1. The van der Waals surface area contributed by atoms with Crippen molar-refractivity contribution in [1.29, 1.82) is 0 Å². The molecule has 0 unspecified atom stereocenters. The van der Waals surface area contributed by atoms with Crippen molar-refractivity contribution in [3.8, 4) is 0 Å². The van der Waals surface area contributed by atoms with E-state index < -0.39 is 17.5 Å². The van der Waals surface area contributed by atoms with Crippen molar-refractivity contribution >= 4 is 23.1 Å². The molecule has 0 fully saturated rings. The first-order chi connectivity index (χ1) is 12.6. The molecule has 0 atom stereocenters. The Morgan fingerprint density at radius 1 is 1.08 bits per heavy atom. The first-order valence-electron chi connectivity index (χ1n) is 8.20. The summed E-state index contributed by atoms with van der Waals surface area (Å²) in [5, 5.41) is 2.46. The standard InChI is InChI=1S/C20H15F2N3O/c21-15-5-6-17(16(22)12-15)24-20(26)14-7-9-23-19(11-14)25-10-8-13-3-1-2-4-18(13)25/h1-7,9,11-12H,8,10H2,(H,24,26). The van der Waals surface area contributed by atoms with Gasteiger partial charge in [0.15, 0.2) is 0 Å². The second-order valence-electron chi connectivity index (χ2n) is 6.01. The largest absolute Gasteiger partial charge is 0.326 e. The van der Waals surface area contributed by atoms with Gasteiger partial charge in [-0.2, -0.15) is 0 Å². The van der Waals surface area contributed by atoms with E-state index >= 15 is 0 Å². The number of pyridine rings is 1. The van der Waals surface area contributed by atoms with Crippen molar-refractivity contribution in [2.24, 2.45) is 0 Å². The third-order valence-electron chi connectivity index (χ3n) is 4.35. The fourth-order valence-electron chi connectivity index (χ4n) is 3.07. The maximum atomic E-state index is 13.7. The van der Waals surface area contributed by atoms with Gasteiger partial charge in [0.1, 0.15) is 17.5 Å². The van der Waals surface area contributed by atoms with Gasteiger partial charge in [0.05, 0.1) is 5.69 Å². The van der Waals surface area contributed by atoms with Gasteiger partial charge < -0.3 is 10.2 Å². The summed E-state index contributed by atoms with van der Waals surface area (Å²) in [4.78, 5) is 18.9. The molecular formula is C20H15F2N3O. The number of carbonyl (C=O) groups excluding carboxylic acids is 1. The van der Waals surface area contributed by atoms with Crippen LogP contribution in [0.15, 0.2) is 60.8 Å². The molecule has 6 heteroatoms. The normalized spacial score (nSPS) is 12.8. The molecule has 130 valence electrons. The van der Waals surface area contributed by atoms with Gasteiger partial charge in [-0.15, -0.1) is 0 Å². The Kier molecular flexibility index (Phi) is 4.08. The van der Waals surface area contributed by atoms with E-state index in [1.165, 1.54) is 11.6 Å². The zero-order valence-electron chi connectivity index (χ0n) is 13.7. The van der Waals surface area contributed by atoms with Crippen LogP contribution in [-0.2, 0) is 6.42 Å². The molecule has 1 aromatic heterocycles. The van der Waals surface area contributed by atoms with Crippen molar-refractivity contribution in [3.63, 3.8) is 0 Å². The summed E-state index contributed by atoms with van der Waals surface area (Å²) in [6, 6.07) is 14.3. The number of fused-ring (bicyclic) bond motifs is 1. The van der Waals surface area contributed by atoms with Crippen molar-refractivity contribution < 1.29 is 13.6 Å². The molecule has 4 nitrogen and oxygen atoms in total. The van der Waals surface area contributed by atoms with Gasteiger partial charge in [-0.1, -0.05) is 18.2 Å². The number of carbonyl (C=O) groups is 1. The highest BCUT2D eigenvalue weighted by molar-refractivity contribution is 6.04. The second-order valence-corrected chi connectivity index (χ2v) is 6.01. The third kappa shape index (κ3) is 3.01. The minimum atomic E-state index is -0.818. The van der Waals surface area contributed by atoms with Crippen molar-refractivity contribution in [1.82, 2.24) is 4.98 Å². The lowest BCUT2D eigenvalue weighted by Crippen LogP contribution is -2.17. The molecule has 0 spiro atoms. The molecule has 2 heterocycles. The lowest BCUT2D eigenvalue weighted by atomic mass is 10.2. The van der Waals surface area contributed by atoms with Crippen molar-refractivity contribution in [3.05, 3.63) is 83.6 Å². The Hall–Kier alpha value is -3.28. The topological polar surface area (TPSA) is 45.2 Å². The van der Waals surface area contributed by atoms with Gasteiger partial charge in [0.2, 0.25) is 0 Å². The summed E-state index contributed by atoms with van der Waals surface area (Å²) in [5.41, 5.74) is 2.59. The van der Waals surface area contributed by atoms with E-state index in [9.17, 15) is 13.6 Å². The number of aromatic nitrogens is 1. The van der Waals surface area contributed by atoms with Gasteiger partial charge >= 0.3 is 0 Å². The van der Waals surface area contributed by atoms with E-state index in [-0.39, 0.29) is 5.69 Å². The van der Waals surface area contributed by atoms with Crippen LogP contribution in [0.4, 0.5) is 26.0 Å². The number of nitrogens with zero attached hydrogens (tertiary/aromatic N) is 2. The van der Waals surface area contributed by atoms with Crippen LogP contribution in [0.2, 0.25) is 0 Å². The highest BCUT2D eigenvalue weighted by Gasteiger charge is 2.21. The molecule has 1 amide bonds. The monoisotopic (exact) mass is 351 g/mol. The molecule has 0 saturated carbocycles. The Balaban J connectivity index is 1.59. The molecule has 0 aliphatic carbocycles. The van der Waals surface area contributed by atoms with Crippen molar-refractivity contribution in [2.45, 2.75) is 6.42 Å². The first-order valence-corrected chi connectivity index (χ1v) is 8.20. The van der Waals surface area contributed by atoms with Crippen LogP contribution in [0.25, 0.3) is 0 Å². The Morgan fingerprint density at radius 3 is 2.77 bits per heavy atom. The number of halogens is 2.